The highest BCUT2D eigenvalue weighted by Crippen LogP contribution is 2.25. The Morgan fingerprint density at radius 1 is 1.12 bits per heavy atom. The summed E-state index contributed by atoms with van der Waals surface area (Å²) in [5, 5.41) is 7.11. The van der Waals surface area contributed by atoms with E-state index < -0.39 is 15.9 Å². The summed E-state index contributed by atoms with van der Waals surface area (Å²) in [7, 11) is -2.07. The second-order valence-corrected chi connectivity index (χ2v) is 9.85. The van der Waals surface area contributed by atoms with Gasteiger partial charge in [0.15, 0.2) is 11.4 Å². The summed E-state index contributed by atoms with van der Waals surface area (Å²) >= 11 is 0. The molecule has 9 heteroatoms. The number of nitrogens with one attached hydrogen (secondary N) is 1. The van der Waals surface area contributed by atoms with Crippen molar-refractivity contribution in [2.24, 2.45) is 5.92 Å². The van der Waals surface area contributed by atoms with Crippen LogP contribution < -0.4 is 10.1 Å². The number of piperidine rings is 1. The van der Waals surface area contributed by atoms with Crippen LogP contribution in [0, 0.1) is 5.92 Å². The Balaban J connectivity index is 1.50. The molecule has 2 heterocycles. The van der Waals surface area contributed by atoms with E-state index in [-0.39, 0.29) is 10.6 Å². The normalized spacial score (nSPS) is 17.1. The number of anilines is 1. The van der Waals surface area contributed by atoms with Crippen molar-refractivity contribution in [3.63, 3.8) is 0 Å². The Bertz CT molecular complexity index is 1190. The lowest BCUT2D eigenvalue weighted by molar-refractivity contribution is 0.101. The predicted molar refractivity (Wildman–Crippen MR) is 122 cm³/mol. The molecule has 32 heavy (non-hydrogen) atoms. The van der Waals surface area contributed by atoms with Gasteiger partial charge in [-0.05, 0) is 55.2 Å². The molecule has 4 rings (SSSR count). The number of methoxy groups -OCH3 is 1. The Kier molecular flexibility index (Phi) is 6.29. The second-order valence-electron chi connectivity index (χ2n) is 7.92. The van der Waals surface area contributed by atoms with Gasteiger partial charge in [-0.3, -0.25) is 4.79 Å². The highest BCUT2D eigenvalue weighted by molar-refractivity contribution is 7.89. The fraction of sp³-hybridized carbons (Fsp3) is 0.304. The number of para-hydroxylation sites is 1. The van der Waals surface area contributed by atoms with Gasteiger partial charge in [-0.25, -0.2) is 13.1 Å². The Morgan fingerprint density at radius 3 is 2.50 bits per heavy atom. The van der Waals surface area contributed by atoms with E-state index in [0.717, 1.165) is 18.5 Å². The molecule has 0 spiro atoms. The van der Waals surface area contributed by atoms with Crippen molar-refractivity contribution in [1.82, 2.24) is 14.1 Å². The van der Waals surface area contributed by atoms with Crippen LogP contribution in [0.1, 0.15) is 30.3 Å². The quantitative estimate of drug-likeness (QED) is 0.615. The van der Waals surface area contributed by atoms with Gasteiger partial charge in [0, 0.05) is 18.8 Å². The zero-order chi connectivity index (χ0) is 22.7. The van der Waals surface area contributed by atoms with E-state index in [1.54, 1.807) is 23.0 Å². The zero-order valence-corrected chi connectivity index (χ0v) is 18.9. The van der Waals surface area contributed by atoms with E-state index in [4.69, 9.17) is 4.74 Å². The van der Waals surface area contributed by atoms with Gasteiger partial charge in [0.1, 0.15) is 0 Å². The van der Waals surface area contributed by atoms with Gasteiger partial charge >= 0.3 is 0 Å². The monoisotopic (exact) mass is 454 g/mol. The van der Waals surface area contributed by atoms with E-state index in [9.17, 15) is 13.2 Å². The zero-order valence-electron chi connectivity index (χ0n) is 18.1. The van der Waals surface area contributed by atoms with E-state index >= 15 is 0 Å². The van der Waals surface area contributed by atoms with Crippen LogP contribution in [0.15, 0.2) is 65.7 Å². The molecule has 1 unspecified atom stereocenters. The van der Waals surface area contributed by atoms with E-state index in [2.05, 4.69) is 17.3 Å². The minimum absolute atomic E-state index is 0.135. The van der Waals surface area contributed by atoms with Crippen LogP contribution in [0.2, 0.25) is 0 Å². The Morgan fingerprint density at radius 2 is 1.84 bits per heavy atom. The van der Waals surface area contributed by atoms with Crippen molar-refractivity contribution < 1.29 is 17.9 Å². The van der Waals surface area contributed by atoms with E-state index in [1.807, 2.05) is 30.3 Å². The first-order valence-corrected chi connectivity index (χ1v) is 11.9. The molecule has 2 aromatic carbocycles. The van der Waals surface area contributed by atoms with Gasteiger partial charge in [0.25, 0.3) is 5.91 Å². The van der Waals surface area contributed by atoms with Gasteiger partial charge < -0.3 is 10.1 Å². The number of aromatic nitrogens is 2. The average molecular weight is 455 g/mol. The second kappa shape index (κ2) is 9.13. The van der Waals surface area contributed by atoms with Crippen LogP contribution in [0.4, 0.5) is 5.69 Å². The van der Waals surface area contributed by atoms with Crippen LogP contribution in [-0.4, -0.2) is 48.6 Å². The Labute approximate surface area is 187 Å². The molecule has 1 fully saturated rings. The van der Waals surface area contributed by atoms with Gasteiger partial charge in [-0.15, -0.1) is 0 Å². The van der Waals surface area contributed by atoms with Crippen LogP contribution in [0.25, 0.3) is 5.69 Å². The lowest BCUT2D eigenvalue weighted by atomic mass is 10.0. The number of carbonyl (C=O) groups excluding carboxylic acids is 1. The molecular formula is C23H26N4O4S. The summed E-state index contributed by atoms with van der Waals surface area (Å²) in [4.78, 5) is 13.0. The van der Waals surface area contributed by atoms with Gasteiger partial charge in [0.05, 0.1) is 23.9 Å². The van der Waals surface area contributed by atoms with Crippen molar-refractivity contribution in [3.05, 3.63) is 66.5 Å². The fourth-order valence-electron chi connectivity index (χ4n) is 3.79. The predicted octanol–water partition coefficient (Wildman–Crippen LogP) is 3.55. The van der Waals surface area contributed by atoms with Crippen LogP contribution in [-0.2, 0) is 10.0 Å². The SMILES string of the molecule is COc1cn(-c2ccccc2)nc1C(=O)Nc1ccc(S(=O)(=O)N2CCCC(C)C2)cc1. The minimum Gasteiger partial charge on any atom is -0.493 e. The summed E-state index contributed by atoms with van der Waals surface area (Å²) in [5.41, 5.74) is 1.40. The third kappa shape index (κ3) is 4.53. The van der Waals surface area contributed by atoms with Crippen LogP contribution >= 0.6 is 0 Å². The minimum atomic E-state index is -3.55. The smallest absolute Gasteiger partial charge is 0.280 e. The summed E-state index contributed by atoms with van der Waals surface area (Å²) < 4.78 is 34.3. The molecule has 3 aromatic rings. The highest BCUT2D eigenvalue weighted by atomic mass is 32.2. The van der Waals surface area contributed by atoms with Crippen molar-refractivity contribution in [2.45, 2.75) is 24.7 Å². The Hall–Kier alpha value is -3.17. The standard InChI is InChI=1S/C23H26N4O4S/c1-17-7-6-14-26(15-17)32(29,30)20-12-10-18(11-13-20)24-23(28)22-21(31-2)16-27(25-22)19-8-4-3-5-9-19/h3-5,8-13,16-17H,6-7,14-15H2,1-2H3,(H,24,28). The first-order valence-electron chi connectivity index (χ1n) is 10.5. The maximum Gasteiger partial charge on any atom is 0.280 e. The molecule has 1 saturated heterocycles. The number of ether oxygens (including phenoxy) is 1. The van der Waals surface area contributed by atoms with Crippen molar-refractivity contribution in [2.75, 3.05) is 25.5 Å². The lowest BCUT2D eigenvalue weighted by Crippen LogP contribution is -2.39. The molecule has 0 radical (unpaired) electrons. The average Bonchev–Trinajstić information content (AvgIpc) is 3.25. The molecule has 1 atom stereocenters. The number of sulfonamides is 1. The number of rotatable bonds is 6. The molecule has 1 aliphatic heterocycles. The highest BCUT2D eigenvalue weighted by Gasteiger charge is 2.28. The molecule has 0 aliphatic carbocycles. The molecule has 1 aliphatic rings. The molecule has 8 nitrogen and oxygen atoms in total. The summed E-state index contributed by atoms with van der Waals surface area (Å²) in [6, 6.07) is 15.6. The van der Waals surface area contributed by atoms with Gasteiger partial charge in [-0.2, -0.15) is 9.40 Å². The van der Waals surface area contributed by atoms with Crippen molar-refractivity contribution in [3.8, 4) is 11.4 Å². The van der Waals surface area contributed by atoms with Gasteiger partial charge in [-0.1, -0.05) is 25.1 Å². The molecule has 168 valence electrons. The first-order chi connectivity index (χ1) is 15.4. The molecule has 1 N–H and O–H groups in total. The van der Waals surface area contributed by atoms with Crippen LogP contribution in [0.3, 0.4) is 0 Å². The van der Waals surface area contributed by atoms with Crippen LogP contribution in [0.5, 0.6) is 5.75 Å². The number of carbonyl (C=O) groups is 1. The number of hydrogen-bond donors (Lipinski definition) is 1. The number of hydrogen-bond acceptors (Lipinski definition) is 5. The molecule has 0 bridgehead atoms. The van der Waals surface area contributed by atoms with Gasteiger partial charge in [0.2, 0.25) is 10.0 Å². The third-order valence-corrected chi connectivity index (χ3v) is 7.39. The summed E-state index contributed by atoms with van der Waals surface area (Å²) in [5.74, 6) is 0.240. The first kappa shape index (κ1) is 22.0. The maximum absolute atomic E-state index is 12.9. The molecule has 0 saturated carbocycles. The largest absolute Gasteiger partial charge is 0.493 e. The van der Waals surface area contributed by atoms with Crippen molar-refractivity contribution >= 4 is 21.6 Å². The number of amides is 1. The number of benzene rings is 2. The summed E-state index contributed by atoms with van der Waals surface area (Å²) in [6.07, 6.45) is 3.55. The third-order valence-electron chi connectivity index (χ3n) is 5.51. The fourth-order valence-corrected chi connectivity index (χ4v) is 5.39. The molecular weight excluding hydrogens is 428 g/mol. The molecule has 1 amide bonds. The lowest BCUT2D eigenvalue weighted by Gasteiger charge is -2.30. The molecule has 1 aromatic heterocycles. The number of nitrogens with zero attached hydrogens (tertiary/aromatic N) is 3. The summed E-state index contributed by atoms with van der Waals surface area (Å²) in [6.45, 7) is 3.13. The van der Waals surface area contributed by atoms with E-state index in [0.29, 0.717) is 30.4 Å². The topological polar surface area (TPSA) is 93.5 Å². The van der Waals surface area contributed by atoms with E-state index in [1.165, 1.54) is 23.5 Å². The van der Waals surface area contributed by atoms with Crippen molar-refractivity contribution in [1.29, 1.82) is 0 Å². The maximum atomic E-state index is 12.9.